The monoisotopic (exact) mass is 275 g/mol. The minimum atomic E-state index is -0.425. The Morgan fingerprint density at radius 2 is 2.20 bits per heavy atom. The first-order valence-corrected chi connectivity index (χ1v) is 6.54. The van der Waals surface area contributed by atoms with Crippen molar-refractivity contribution in [1.29, 1.82) is 0 Å². The summed E-state index contributed by atoms with van der Waals surface area (Å²) in [6.07, 6.45) is 2.55. The van der Waals surface area contributed by atoms with Gasteiger partial charge in [0.05, 0.1) is 4.92 Å². The number of carbonyl (C=O) groups is 1. The van der Waals surface area contributed by atoms with Gasteiger partial charge < -0.3 is 9.88 Å². The van der Waals surface area contributed by atoms with Crippen molar-refractivity contribution < 1.29 is 9.72 Å². The minimum Gasteiger partial charge on any atom is -0.352 e. The first kappa shape index (κ1) is 14.0. The SMILES string of the molecule is CCC(C)NC(=O)Cn1ccc2cccc([N+](=O)[O-])c21. The van der Waals surface area contributed by atoms with Crippen LogP contribution in [0, 0.1) is 10.1 Å². The summed E-state index contributed by atoms with van der Waals surface area (Å²) >= 11 is 0. The fourth-order valence-electron chi connectivity index (χ4n) is 2.10. The Hall–Kier alpha value is -2.37. The van der Waals surface area contributed by atoms with Gasteiger partial charge in [-0.25, -0.2) is 0 Å². The Morgan fingerprint density at radius 3 is 2.85 bits per heavy atom. The molecule has 1 atom stereocenters. The van der Waals surface area contributed by atoms with E-state index < -0.39 is 4.92 Å². The zero-order valence-electron chi connectivity index (χ0n) is 11.5. The number of nitrogens with zero attached hydrogens (tertiary/aromatic N) is 2. The van der Waals surface area contributed by atoms with Crippen LogP contribution in [0.5, 0.6) is 0 Å². The van der Waals surface area contributed by atoms with Crippen LogP contribution in [0.4, 0.5) is 5.69 Å². The van der Waals surface area contributed by atoms with E-state index in [2.05, 4.69) is 5.32 Å². The van der Waals surface area contributed by atoms with Gasteiger partial charge in [-0.05, 0) is 19.4 Å². The van der Waals surface area contributed by atoms with Gasteiger partial charge in [-0.3, -0.25) is 14.9 Å². The first-order valence-electron chi connectivity index (χ1n) is 6.54. The summed E-state index contributed by atoms with van der Waals surface area (Å²) in [6.45, 7) is 3.99. The average molecular weight is 275 g/mol. The Kier molecular flexibility index (Phi) is 4.02. The quantitative estimate of drug-likeness (QED) is 0.672. The van der Waals surface area contributed by atoms with Crippen molar-refractivity contribution in [3.8, 4) is 0 Å². The van der Waals surface area contributed by atoms with E-state index in [1.165, 1.54) is 6.07 Å². The standard InChI is InChI=1S/C14H17N3O3/c1-3-10(2)15-13(18)9-16-8-7-11-5-4-6-12(14(11)16)17(19)20/h4-8,10H,3,9H2,1-2H3,(H,15,18). The Morgan fingerprint density at radius 1 is 1.45 bits per heavy atom. The Bertz CT molecular complexity index is 648. The third kappa shape index (κ3) is 2.79. The van der Waals surface area contributed by atoms with Crippen molar-refractivity contribution in [1.82, 2.24) is 9.88 Å². The van der Waals surface area contributed by atoms with E-state index in [4.69, 9.17) is 0 Å². The topological polar surface area (TPSA) is 77.2 Å². The van der Waals surface area contributed by atoms with Gasteiger partial charge in [-0.1, -0.05) is 19.1 Å². The molecule has 1 unspecified atom stereocenters. The molecule has 1 heterocycles. The molecule has 0 radical (unpaired) electrons. The molecule has 0 fully saturated rings. The largest absolute Gasteiger partial charge is 0.352 e. The molecule has 1 aromatic carbocycles. The lowest BCUT2D eigenvalue weighted by Crippen LogP contribution is -2.34. The Labute approximate surface area is 116 Å². The lowest BCUT2D eigenvalue weighted by Gasteiger charge is -2.12. The van der Waals surface area contributed by atoms with E-state index in [0.717, 1.165) is 11.8 Å². The molecule has 0 aliphatic rings. The molecule has 106 valence electrons. The fourth-order valence-corrected chi connectivity index (χ4v) is 2.10. The second-order valence-electron chi connectivity index (χ2n) is 4.79. The third-order valence-corrected chi connectivity index (χ3v) is 3.30. The molecule has 2 aromatic rings. The van der Waals surface area contributed by atoms with Gasteiger partial charge in [-0.2, -0.15) is 0 Å². The number of carbonyl (C=O) groups excluding carboxylic acids is 1. The number of non-ortho nitro benzene ring substituents is 1. The second kappa shape index (κ2) is 5.73. The van der Waals surface area contributed by atoms with E-state index in [-0.39, 0.29) is 24.2 Å². The lowest BCUT2D eigenvalue weighted by molar-refractivity contribution is -0.383. The van der Waals surface area contributed by atoms with Gasteiger partial charge in [0.15, 0.2) is 0 Å². The molecule has 20 heavy (non-hydrogen) atoms. The number of aromatic nitrogens is 1. The minimum absolute atomic E-state index is 0.0174. The molecule has 1 N–H and O–H groups in total. The number of nitrogens with one attached hydrogen (secondary N) is 1. The van der Waals surface area contributed by atoms with Gasteiger partial charge in [0.1, 0.15) is 12.1 Å². The number of fused-ring (bicyclic) bond motifs is 1. The molecule has 0 spiro atoms. The molecule has 0 saturated heterocycles. The molecule has 6 heteroatoms. The molecule has 1 aromatic heterocycles. The van der Waals surface area contributed by atoms with E-state index in [0.29, 0.717) is 5.52 Å². The maximum atomic E-state index is 11.9. The number of nitro groups is 1. The zero-order chi connectivity index (χ0) is 14.7. The summed E-state index contributed by atoms with van der Waals surface area (Å²) in [5, 5.41) is 14.7. The van der Waals surface area contributed by atoms with Crippen molar-refractivity contribution in [3.63, 3.8) is 0 Å². The van der Waals surface area contributed by atoms with Crippen molar-refractivity contribution in [3.05, 3.63) is 40.6 Å². The number of para-hydroxylation sites is 1. The number of benzene rings is 1. The third-order valence-electron chi connectivity index (χ3n) is 3.30. The van der Waals surface area contributed by atoms with Crippen molar-refractivity contribution in [2.75, 3.05) is 0 Å². The lowest BCUT2D eigenvalue weighted by atomic mass is 10.2. The summed E-state index contributed by atoms with van der Waals surface area (Å²) in [6, 6.07) is 6.76. The normalized spacial score (nSPS) is 12.3. The fraction of sp³-hybridized carbons (Fsp3) is 0.357. The van der Waals surface area contributed by atoms with Gasteiger partial charge >= 0.3 is 0 Å². The predicted molar refractivity (Wildman–Crippen MR) is 76.5 cm³/mol. The highest BCUT2D eigenvalue weighted by Gasteiger charge is 2.17. The summed E-state index contributed by atoms with van der Waals surface area (Å²) in [7, 11) is 0. The number of rotatable bonds is 5. The molecule has 0 saturated carbocycles. The van der Waals surface area contributed by atoms with Crippen LogP contribution in [-0.4, -0.2) is 21.4 Å². The molecule has 0 aliphatic carbocycles. The van der Waals surface area contributed by atoms with E-state index in [1.54, 1.807) is 29.0 Å². The molecule has 1 amide bonds. The van der Waals surface area contributed by atoms with E-state index in [9.17, 15) is 14.9 Å². The maximum absolute atomic E-state index is 11.9. The zero-order valence-corrected chi connectivity index (χ0v) is 11.5. The highest BCUT2D eigenvalue weighted by molar-refractivity contribution is 5.90. The predicted octanol–water partition coefficient (Wildman–Crippen LogP) is 2.46. The summed E-state index contributed by atoms with van der Waals surface area (Å²) in [5.74, 6) is -0.144. The number of hydrogen-bond donors (Lipinski definition) is 1. The van der Waals surface area contributed by atoms with E-state index >= 15 is 0 Å². The van der Waals surface area contributed by atoms with Crippen LogP contribution in [0.2, 0.25) is 0 Å². The highest BCUT2D eigenvalue weighted by atomic mass is 16.6. The van der Waals surface area contributed by atoms with Gasteiger partial charge in [0, 0.05) is 23.7 Å². The maximum Gasteiger partial charge on any atom is 0.293 e. The summed E-state index contributed by atoms with van der Waals surface area (Å²) in [5.41, 5.74) is 0.501. The first-order chi connectivity index (χ1) is 9.52. The average Bonchev–Trinajstić information content (AvgIpc) is 2.81. The number of amides is 1. The van der Waals surface area contributed by atoms with Crippen LogP contribution >= 0.6 is 0 Å². The van der Waals surface area contributed by atoms with Crippen LogP contribution in [0.1, 0.15) is 20.3 Å². The molecule has 0 bridgehead atoms. The van der Waals surface area contributed by atoms with E-state index in [1.807, 2.05) is 13.8 Å². The van der Waals surface area contributed by atoms with Crippen LogP contribution in [0.25, 0.3) is 10.9 Å². The van der Waals surface area contributed by atoms with Gasteiger partial charge in [-0.15, -0.1) is 0 Å². The molecule has 6 nitrogen and oxygen atoms in total. The second-order valence-corrected chi connectivity index (χ2v) is 4.79. The molecular formula is C14H17N3O3. The smallest absolute Gasteiger partial charge is 0.293 e. The van der Waals surface area contributed by atoms with Crippen LogP contribution in [0.15, 0.2) is 30.5 Å². The number of hydrogen-bond acceptors (Lipinski definition) is 3. The van der Waals surface area contributed by atoms with Crippen LogP contribution in [-0.2, 0) is 11.3 Å². The number of nitro benzene ring substituents is 1. The van der Waals surface area contributed by atoms with Crippen LogP contribution in [0.3, 0.4) is 0 Å². The van der Waals surface area contributed by atoms with Crippen LogP contribution < -0.4 is 5.32 Å². The Balaban J connectivity index is 2.31. The molecule has 0 aliphatic heterocycles. The summed E-state index contributed by atoms with van der Waals surface area (Å²) < 4.78 is 1.62. The highest BCUT2D eigenvalue weighted by Crippen LogP contribution is 2.26. The van der Waals surface area contributed by atoms with Crippen molar-refractivity contribution in [2.24, 2.45) is 0 Å². The van der Waals surface area contributed by atoms with Crippen molar-refractivity contribution in [2.45, 2.75) is 32.9 Å². The molecular weight excluding hydrogens is 258 g/mol. The van der Waals surface area contributed by atoms with Crippen molar-refractivity contribution >= 4 is 22.5 Å². The van der Waals surface area contributed by atoms with Gasteiger partial charge in [0.2, 0.25) is 5.91 Å². The summed E-state index contributed by atoms with van der Waals surface area (Å²) in [4.78, 5) is 22.5. The van der Waals surface area contributed by atoms with Gasteiger partial charge in [0.25, 0.3) is 5.69 Å². The molecule has 2 rings (SSSR count).